The van der Waals surface area contributed by atoms with Crippen LogP contribution in [0.1, 0.15) is 56.1 Å². The van der Waals surface area contributed by atoms with Crippen molar-refractivity contribution in [3.8, 4) is 5.75 Å². The van der Waals surface area contributed by atoms with E-state index in [2.05, 4.69) is 11.1 Å². The van der Waals surface area contributed by atoms with Gasteiger partial charge < -0.3 is 23.7 Å². The summed E-state index contributed by atoms with van der Waals surface area (Å²) in [7, 11) is 0. The topological polar surface area (TPSA) is 80.8 Å². The highest BCUT2D eigenvalue weighted by Crippen LogP contribution is 2.46. The van der Waals surface area contributed by atoms with Gasteiger partial charge in [-0.25, -0.2) is 4.21 Å². The molecule has 2 fully saturated rings. The Morgan fingerprint density at radius 1 is 1.27 bits per heavy atom. The molecule has 1 aliphatic carbocycles. The van der Waals surface area contributed by atoms with Gasteiger partial charge in [-0.2, -0.15) is 0 Å². The van der Waals surface area contributed by atoms with Crippen LogP contribution in [0.25, 0.3) is 10.9 Å². The maximum Gasteiger partial charge on any atom is 0.209 e. The Bertz CT molecular complexity index is 795. The van der Waals surface area contributed by atoms with Gasteiger partial charge in [-0.1, -0.05) is 0 Å². The molecule has 2 N–H and O–H groups in total. The molecule has 1 aliphatic heterocycles. The number of hydrogen-bond acceptors (Lipinski definition) is 5. The van der Waals surface area contributed by atoms with Gasteiger partial charge in [-0.15, -0.1) is 0 Å². The van der Waals surface area contributed by atoms with Crippen molar-refractivity contribution in [2.24, 2.45) is 0 Å². The van der Waals surface area contributed by atoms with E-state index in [0.717, 1.165) is 42.1 Å². The van der Waals surface area contributed by atoms with E-state index in [-0.39, 0.29) is 5.25 Å². The standard InChI is InChI=1S/C19H25NO5S/c1-2-24-19(21)17-10-13-9-15(12-3-4-12)18(11-16(13)20-17)25-26(22)14-5-7-23-8-6-14/h9-12,14,19-21H,2-8H2,1H3. The summed E-state index contributed by atoms with van der Waals surface area (Å²) in [5.74, 6) is 1.15. The molecule has 1 saturated carbocycles. The van der Waals surface area contributed by atoms with Crippen LogP contribution in [0.5, 0.6) is 5.75 Å². The number of aromatic amines is 1. The first kappa shape index (κ1) is 18.0. The van der Waals surface area contributed by atoms with Crippen LogP contribution in [0.15, 0.2) is 18.2 Å². The summed E-state index contributed by atoms with van der Waals surface area (Å²) in [5.41, 5.74) is 2.57. The van der Waals surface area contributed by atoms with E-state index < -0.39 is 17.4 Å². The van der Waals surface area contributed by atoms with Crippen molar-refractivity contribution in [3.05, 3.63) is 29.5 Å². The van der Waals surface area contributed by atoms with E-state index in [1.807, 2.05) is 19.1 Å². The number of ether oxygens (including phenoxy) is 2. The number of nitrogens with one attached hydrogen (secondary N) is 1. The zero-order chi connectivity index (χ0) is 18.1. The smallest absolute Gasteiger partial charge is 0.209 e. The van der Waals surface area contributed by atoms with E-state index in [9.17, 15) is 9.32 Å². The molecule has 0 radical (unpaired) electrons. The fraction of sp³-hybridized carbons (Fsp3) is 0.579. The minimum Gasteiger partial charge on any atom is -0.400 e. The molecule has 26 heavy (non-hydrogen) atoms. The highest BCUT2D eigenvalue weighted by atomic mass is 32.2. The van der Waals surface area contributed by atoms with Crippen LogP contribution in [0.4, 0.5) is 0 Å². The zero-order valence-electron chi connectivity index (χ0n) is 14.9. The quantitative estimate of drug-likeness (QED) is 0.722. The molecule has 2 aromatic rings. The van der Waals surface area contributed by atoms with Crippen LogP contribution in [-0.4, -0.2) is 39.4 Å². The van der Waals surface area contributed by atoms with Gasteiger partial charge in [-0.3, -0.25) is 0 Å². The molecule has 142 valence electrons. The van der Waals surface area contributed by atoms with Gasteiger partial charge in [0.1, 0.15) is 5.75 Å². The minimum atomic E-state index is -1.37. The van der Waals surface area contributed by atoms with Crippen LogP contribution in [0, 0.1) is 0 Å². The van der Waals surface area contributed by atoms with Crippen LogP contribution >= 0.6 is 0 Å². The molecule has 2 heterocycles. The Balaban J connectivity index is 1.62. The predicted octanol–water partition coefficient (Wildman–Crippen LogP) is 3.29. The van der Waals surface area contributed by atoms with Crippen LogP contribution in [0.3, 0.4) is 0 Å². The van der Waals surface area contributed by atoms with Crippen molar-refractivity contribution in [2.45, 2.75) is 50.1 Å². The summed E-state index contributed by atoms with van der Waals surface area (Å²) >= 11 is -1.37. The van der Waals surface area contributed by atoms with E-state index in [1.165, 1.54) is 0 Å². The van der Waals surface area contributed by atoms with Gasteiger partial charge in [-0.05, 0) is 56.2 Å². The first-order valence-corrected chi connectivity index (χ1v) is 10.4. The lowest BCUT2D eigenvalue weighted by atomic mass is 10.1. The third-order valence-electron chi connectivity index (χ3n) is 4.99. The molecule has 0 spiro atoms. The van der Waals surface area contributed by atoms with Crippen LogP contribution in [-0.2, 0) is 20.6 Å². The summed E-state index contributed by atoms with van der Waals surface area (Å²) < 4.78 is 29.2. The van der Waals surface area contributed by atoms with Crippen molar-refractivity contribution in [3.63, 3.8) is 0 Å². The van der Waals surface area contributed by atoms with Crippen molar-refractivity contribution in [1.29, 1.82) is 0 Å². The number of aliphatic hydroxyl groups is 1. The fourth-order valence-corrected chi connectivity index (χ4v) is 4.43. The molecule has 0 bridgehead atoms. The summed E-state index contributed by atoms with van der Waals surface area (Å²) in [6.45, 7) is 3.56. The third-order valence-corrected chi connectivity index (χ3v) is 6.35. The molecule has 1 aromatic carbocycles. The molecule has 4 rings (SSSR count). The first-order valence-electron chi connectivity index (χ1n) is 9.28. The lowest BCUT2D eigenvalue weighted by Gasteiger charge is -2.21. The van der Waals surface area contributed by atoms with Crippen molar-refractivity contribution in [2.75, 3.05) is 19.8 Å². The van der Waals surface area contributed by atoms with Gasteiger partial charge >= 0.3 is 0 Å². The molecule has 2 atom stereocenters. The average Bonchev–Trinajstić information content (AvgIpc) is 3.41. The second-order valence-electron chi connectivity index (χ2n) is 6.94. The number of benzene rings is 1. The molecule has 1 aromatic heterocycles. The van der Waals surface area contributed by atoms with Gasteiger partial charge in [0, 0.05) is 36.8 Å². The Kier molecular flexibility index (Phi) is 5.31. The number of H-pyrrole nitrogens is 1. The van der Waals surface area contributed by atoms with E-state index in [4.69, 9.17) is 13.7 Å². The average molecular weight is 379 g/mol. The summed E-state index contributed by atoms with van der Waals surface area (Å²) in [6, 6.07) is 5.89. The Hall–Kier alpha value is -1.41. The normalized spacial score (nSPS) is 21.0. The monoisotopic (exact) mass is 379 g/mol. The maximum absolute atomic E-state index is 12.7. The van der Waals surface area contributed by atoms with Gasteiger partial charge in [0.15, 0.2) is 6.29 Å². The van der Waals surface area contributed by atoms with Crippen LogP contribution in [0.2, 0.25) is 0 Å². The number of aromatic nitrogens is 1. The van der Waals surface area contributed by atoms with Gasteiger partial charge in [0.2, 0.25) is 11.1 Å². The Morgan fingerprint density at radius 2 is 2.04 bits per heavy atom. The second-order valence-corrected chi connectivity index (χ2v) is 8.29. The highest BCUT2D eigenvalue weighted by Gasteiger charge is 2.30. The van der Waals surface area contributed by atoms with E-state index in [1.54, 1.807) is 0 Å². The Morgan fingerprint density at radius 3 is 2.73 bits per heavy atom. The zero-order valence-corrected chi connectivity index (χ0v) is 15.7. The summed E-state index contributed by atoms with van der Waals surface area (Å²) in [4.78, 5) is 3.19. The number of aliphatic hydroxyl groups excluding tert-OH is 1. The maximum atomic E-state index is 12.7. The first-order chi connectivity index (χ1) is 12.7. The van der Waals surface area contributed by atoms with Crippen molar-refractivity contribution >= 4 is 22.0 Å². The number of fused-ring (bicyclic) bond motifs is 1. The van der Waals surface area contributed by atoms with Crippen molar-refractivity contribution < 1.29 is 23.0 Å². The van der Waals surface area contributed by atoms with Gasteiger partial charge in [0.25, 0.3) is 0 Å². The van der Waals surface area contributed by atoms with Crippen molar-refractivity contribution in [1.82, 2.24) is 4.98 Å². The number of hydrogen-bond donors (Lipinski definition) is 2. The molecular formula is C19H25NO5S. The summed E-state index contributed by atoms with van der Waals surface area (Å²) in [6.07, 6.45) is 2.81. The summed E-state index contributed by atoms with van der Waals surface area (Å²) in [5, 5.41) is 11.1. The van der Waals surface area contributed by atoms with Gasteiger partial charge in [0.05, 0.1) is 10.9 Å². The second kappa shape index (κ2) is 7.68. The molecule has 6 nitrogen and oxygen atoms in total. The van der Waals surface area contributed by atoms with E-state index in [0.29, 0.717) is 37.2 Å². The van der Waals surface area contributed by atoms with E-state index >= 15 is 0 Å². The lowest BCUT2D eigenvalue weighted by Crippen LogP contribution is -2.27. The fourth-order valence-electron chi connectivity index (χ4n) is 3.39. The predicted molar refractivity (Wildman–Crippen MR) is 99.5 cm³/mol. The SMILES string of the molecule is CCOC(O)c1cc2cc(C3CC3)c(OS(=O)C3CCOCC3)cc2[nH]1. The molecule has 0 amide bonds. The largest absolute Gasteiger partial charge is 0.400 e. The molecule has 2 unspecified atom stereocenters. The minimum absolute atomic E-state index is 0.0190. The highest BCUT2D eigenvalue weighted by molar-refractivity contribution is 7.81. The molecule has 2 aliphatic rings. The third kappa shape index (κ3) is 3.81. The Labute approximate surface area is 155 Å². The lowest BCUT2D eigenvalue weighted by molar-refractivity contribution is -0.100. The molecule has 7 heteroatoms. The molecular weight excluding hydrogens is 354 g/mol. The number of rotatable bonds is 7. The van der Waals surface area contributed by atoms with Crippen LogP contribution < -0.4 is 4.18 Å². The molecule has 1 saturated heterocycles.